The first-order chi connectivity index (χ1) is 7.08. The lowest BCUT2D eigenvalue weighted by atomic mass is 10.3. The molecule has 0 bridgehead atoms. The van der Waals surface area contributed by atoms with Gasteiger partial charge in [0.2, 0.25) is 5.91 Å². The van der Waals surface area contributed by atoms with Crippen molar-refractivity contribution in [3.05, 3.63) is 28.2 Å². The number of β-amino-alcohol motifs (C(OH)–C–C–N with tert-alkyl or cyclic N) is 1. The highest BCUT2D eigenvalue weighted by molar-refractivity contribution is 6.36. The van der Waals surface area contributed by atoms with E-state index in [0.29, 0.717) is 22.3 Å². The van der Waals surface area contributed by atoms with Gasteiger partial charge >= 0.3 is 0 Å². The number of aliphatic hydroxyl groups excluding tert-OH is 1. The van der Waals surface area contributed by atoms with E-state index in [1.165, 1.54) is 4.90 Å². The maximum Gasteiger partial charge on any atom is 0.229 e. The van der Waals surface area contributed by atoms with Crippen LogP contribution in [0, 0.1) is 0 Å². The molecule has 1 N–H and O–H groups in total. The van der Waals surface area contributed by atoms with Crippen molar-refractivity contribution in [3.63, 3.8) is 0 Å². The molecule has 80 valence electrons. The van der Waals surface area contributed by atoms with E-state index in [1.54, 1.807) is 18.2 Å². The molecule has 1 aliphatic heterocycles. The second-order valence-electron chi connectivity index (χ2n) is 3.46. The smallest absolute Gasteiger partial charge is 0.229 e. The van der Waals surface area contributed by atoms with Gasteiger partial charge in [0.15, 0.2) is 0 Å². The van der Waals surface area contributed by atoms with Crippen LogP contribution in [0.1, 0.15) is 6.42 Å². The Balaban J connectivity index is 2.34. The predicted octanol–water partition coefficient (Wildman–Crippen LogP) is 2.09. The number of rotatable bonds is 1. The number of hydrogen-bond donors (Lipinski definition) is 1. The maximum absolute atomic E-state index is 11.5. The van der Waals surface area contributed by atoms with E-state index in [0.717, 1.165) is 0 Å². The SMILES string of the molecule is O=C1CC(O)CN1c1ccc(Cl)cc1Cl. The summed E-state index contributed by atoms with van der Waals surface area (Å²) in [5, 5.41) is 10.3. The van der Waals surface area contributed by atoms with Crippen LogP contribution in [0.5, 0.6) is 0 Å². The van der Waals surface area contributed by atoms with Crippen LogP contribution < -0.4 is 4.90 Å². The summed E-state index contributed by atoms with van der Waals surface area (Å²) in [4.78, 5) is 13.0. The summed E-state index contributed by atoms with van der Waals surface area (Å²) in [7, 11) is 0. The average molecular weight is 246 g/mol. The lowest BCUT2D eigenvalue weighted by molar-refractivity contribution is -0.117. The number of aliphatic hydroxyl groups is 1. The average Bonchev–Trinajstić information content (AvgIpc) is 2.45. The minimum atomic E-state index is -0.607. The number of benzene rings is 1. The standard InChI is InChI=1S/C10H9Cl2NO2/c11-6-1-2-9(8(12)3-6)13-5-7(14)4-10(13)15/h1-3,7,14H,4-5H2. The molecule has 0 spiro atoms. The first kappa shape index (κ1) is 10.7. The van der Waals surface area contributed by atoms with E-state index < -0.39 is 6.10 Å². The van der Waals surface area contributed by atoms with E-state index in [4.69, 9.17) is 23.2 Å². The van der Waals surface area contributed by atoms with Gasteiger partial charge in [0, 0.05) is 5.02 Å². The fourth-order valence-electron chi connectivity index (χ4n) is 1.62. The van der Waals surface area contributed by atoms with Crippen LogP contribution in [0.2, 0.25) is 10.0 Å². The molecule has 0 aromatic heterocycles. The molecule has 15 heavy (non-hydrogen) atoms. The molecule has 1 amide bonds. The highest BCUT2D eigenvalue weighted by Crippen LogP contribution is 2.31. The van der Waals surface area contributed by atoms with Gasteiger partial charge in [-0.3, -0.25) is 4.79 Å². The van der Waals surface area contributed by atoms with Crippen LogP contribution in [0.15, 0.2) is 18.2 Å². The molecule has 1 fully saturated rings. The van der Waals surface area contributed by atoms with Gasteiger partial charge in [0.25, 0.3) is 0 Å². The monoisotopic (exact) mass is 245 g/mol. The fraction of sp³-hybridized carbons (Fsp3) is 0.300. The Labute approximate surface area is 97.2 Å². The van der Waals surface area contributed by atoms with Crippen molar-refractivity contribution < 1.29 is 9.90 Å². The minimum absolute atomic E-state index is 0.119. The van der Waals surface area contributed by atoms with Gasteiger partial charge < -0.3 is 10.0 Å². The largest absolute Gasteiger partial charge is 0.391 e. The van der Waals surface area contributed by atoms with Crippen molar-refractivity contribution in [2.24, 2.45) is 0 Å². The Kier molecular flexibility index (Phi) is 2.87. The molecule has 2 rings (SSSR count). The van der Waals surface area contributed by atoms with E-state index in [2.05, 4.69) is 0 Å². The summed E-state index contributed by atoms with van der Waals surface area (Å²) in [6, 6.07) is 4.93. The molecule has 1 unspecified atom stereocenters. The van der Waals surface area contributed by atoms with E-state index in [9.17, 15) is 9.90 Å². The predicted molar refractivity (Wildman–Crippen MR) is 59.4 cm³/mol. The van der Waals surface area contributed by atoms with Gasteiger partial charge in [-0.1, -0.05) is 23.2 Å². The highest BCUT2D eigenvalue weighted by atomic mass is 35.5. The van der Waals surface area contributed by atoms with E-state index in [1.807, 2.05) is 0 Å². The molecule has 3 nitrogen and oxygen atoms in total. The third-order valence-electron chi connectivity index (χ3n) is 2.31. The van der Waals surface area contributed by atoms with Crippen molar-refractivity contribution >= 4 is 34.8 Å². The van der Waals surface area contributed by atoms with E-state index >= 15 is 0 Å². The van der Waals surface area contributed by atoms with Gasteiger partial charge in [-0.2, -0.15) is 0 Å². The fourth-order valence-corrected chi connectivity index (χ4v) is 2.13. The molecule has 1 atom stereocenters. The van der Waals surface area contributed by atoms with Gasteiger partial charge in [-0.25, -0.2) is 0 Å². The number of halogens is 2. The zero-order chi connectivity index (χ0) is 11.0. The first-order valence-electron chi connectivity index (χ1n) is 4.51. The Morgan fingerprint density at radius 3 is 2.67 bits per heavy atom. The lowest BCUT2D eigenvalue weighted by Gasteiger charge is -2.17. The van der Waals surface area contributed by atoms with Crippen LogP contribution in [-0.4, -0.2) is 23.7 Å². The molecule has 1 aliphatic rings. The summed E-state index contributed by atoms with van der Waals surface area (Å²) in [6.07, 6.45) is -0.455. The van der Waals surface area contributed by atoms with Crippen LogP contribution in [0.25, 0.3) is 0 Å². The zero-order valence-corrected chi connectivity index (χ0v) is 9.29. The van der Waals surface area contributed by atoms with Gasteiger partial charge in [0.1, 0.15) is 0 Å². The molecule has 0 saturated carbocycles. The summed E-state index contributed by atoms with van der Waals surface area (Å²) >= 11 is 11.7. The molecule has 1 saturated heterocycles. The van der Waals surface area contributed by atoms with Crippen LogP contribution in [-0.2, 0) is 4.79 Å². The first-order valence-corrected chi connectivity index (χ1v) is 5.27. The second kappa shape index (κ2) is 4.00. The second-order valence-corrected chi connectivity index (χ2v) is 4.30. The Morgan fingerprint density at radius 1 is 1.40 bits per heavy atom. The molecular formula is C10H9Cl2NO2. The summed E-state index contributed by atoms with van der Waals surface area (Å²) < 4.78 is 0. The molecule has 5 heteroatoms. The third kappa shape index (κ3) is 2.09. The zero-order valence-electron chi connectivity index (χ0n) is 7.78. The van der Waals surface area contributed by atoms with Crippen molar-refractivity contribution in [2.45, 2.75) is 12.5 Å². The maximum atomic E-state index is 11.5. The number of anilines is 1. The third-order valence-corrected chi connectivity index (χ3v) is 2.84. The molecule has 0 radical (unpaired) electrons. The van der Waals surface area contributed by atoms with Crippen molar-refractivity contribution in [2.75, 3.05) is 11.4 Å². The number of nitrogens with zero attached hydrogens (tertiary/aromatic N) is 1. The van der Waals surface area contributed by atoms with E-state index in [-0.39, 0.29) is 12.3 Å². The van der Waals surface area contributed by atoms with Crippen LogP contribution in [0.3, 0.4) is 0 Å². The molecule has 1 aromatic carbocycles. The number of hydrogen-bond acceptors (Lipinski definition) is 2. The molecule has 1 heterocycles. The number of carbonyl (C=O) groups excluding carboxylic acids is 1. The highest BCUT2D eigenvalue weighted by Gasteiger charge is 2.30. The number of amides is 1. The van der Waals surface area contributed by atoms with Crippen LogP contribution >= 0.6 is 23.2 Å². The summed E-state index contributed by atoms with van der Waals surface area (Å²) in [5.74, 6) is -0.119. The van der Waals surface area contributed by atoms with Gasteiger partial charge in [-0.15, -0.1) is 0 Å². The number of carbonyl (C=O) groups is 1. The molecular weight excluding hydrogens is 237 g/mol. The quantitative estimate of drug-likeness (QED) is 0.824. The Bertz CT molecular complexity index is 408. The van der Waals surface area contributed by atoms with Crippen molar-refractivity contribution in [1.82, 2.24) is 0 Å². The van der Waals surface area contributed by atoms with Gasteiger partial charge in [0.05, 0.1) is 29.8 Å². The van der Waals surface area contributed by atoms with Gasteiger partial charge in [-0.05, 0) is 18.2 Å². The summed E-state index contributed by atoms with van der Waals surface area (Å²) in [5.41, 5.74) is 0.600. The topological polar surface area (TPSA) is 40.5 Å². The molecule has 0 aliphatic carbocycles. The summed E-state index contributed by atoms with van der Waals surface area (Å²) in [6.45, 7) is 0.292. The Hall–Kier alpha value is -0.770. The van der Waals surface area contributed by atoms with Crippen molar-refractivity contribution in [1.29, 1.82) is 0 Å². The normalized spacial score (nSPS) is 21.1. The lowest BCUT2D eigenvalue weighted by Crippen LogP contribution is -2.25. The Morgan fingerprint density at radius 2 is 2.13 bits per heavy atom. The van der Waals surface area contributed by atoms with Crippen molar-refractivity contribution in [3.8, 4) is 0 Å². The van der Waals surface area contributed by atoms with Crippen LogP contribution in [0.4, 0.5) is 5.69 Å². The molecule has 1 aromatic rings. The minimum Gasteiger partial charge on any atom is -0.391 e.